The Labute approximate surface area is 167 Å². The highest BCUT2D eigenvalue weighted by molar-refractivity contribution is 5.78. The normalized spacial score (nSPS) is 10.6. The highest BCUT2D eigenvalue weighted by Gasteiger charge is 2.17. The van der Waals surface area contributed by atoms with Crippen molar-refractivity contribution in [2.45, 2.75) is 19.9 Å². The Morgan fingerprint density at radius 3 is 2.45 bits per heavy atom. The lowest BCUT2D eigenvalue weighted by Gasteiger charge is -2.18. The van der Waals surface area contributed by atoms with Crippen LogP contribution in [0.15, 0.2) is 53.1 Å². The number of carbonyl (C=O) groups excluding carboxylic acids is 1. The van der Waals surface area contributed by atoms with Crippen molar-refractivity contribution in [2.24, 2.45) is 0 Å². The highest BCUT2D eigenvalue weighted by Crippen LogP contribution is 2.20. The van der Waals surface area contributed by atoms with Crippen LogP contribution in [0.3, 0.4) is 0 Å². The number of methoxy groups -OCH3 is 1. The monoisotopic (exact) mass is 396 g/mol. The van der Waals surface area contributed by atoms with E-state index in [1.807, 2.05) is 19.1 Å². The van der Waals surface area contributed by atoms with Gasteiger partial charge in [-0.3, -0.25) is 14.9 Å². The molecule has 0 saturated heterocycles. The van der Waals surface area contributed by atoms with Crippen molar-refractivity contribution in [3.05, 3.63) is 70.1 Å². The van der Waals surface area contributed by atoms with E-state index in [1.54, 1.807) is 36.3 Å². The van der Waals surface area contributed by atoms with Gasteiger partial charge in [0.25, 0.3) is 5.69 Å². The molecule has 9 heteroatoms. The summed E-state index contributed by atoms with van der Waals surface area (Å²) >= 11 is 0. The predicted octanol–water partition coefficient (Wildman–Crippen LogP) is 3.24. The maximum atomic E-state index is 12.6. The number of benzene rings is 2. The van der Waals surface area contributed by atoms with Crippen molar-refractivity contribution in [1.82, 2.24) is 15.0 Å². The average molecular weight is 396 g/mol. The van der Waals surface area contributed by atoms with Gasteiger partial charge in [-0.05, 0) is 36.8 Å². The zero-order valence-electron chi connectivity index (χ0n) is 16.1. The number of hydrogen-bond donors (Lipinski definition) is 0. The molecule has 0 aliphatic rings. The molecule has 1 aromatic heterocycles. The lowest BCUT2D eigenvalue weighted by Crippen LogP contribution is -2.31. The van der Waals surface area contributed by atoms with Gasteiger partial charge in [0, 0.05) is 24.2 Å². The van der Waals surface area contributed by atoms with Gasteiger partial charge >= 0.3 is 0 Å². The van der Waals surface area contributed by atoms with E-state index in [1.165, 1.54) is 12.1 Å². The molecular formula is C20H20N4O5. The predicted molar refractivity (Wildman–Crippen MR) is 104 cm³/mol. The lowest BCUT2D eigenvalue weighted by atomic mass is 10.1. The minimum atomic E-state index is -0.472. The summed E-state index contributed by atoms with van der Waals surface area (Å²) in [6.45, 7) is 2.51. The van der Waals surface area contributed by atoms with Gasteiger partial charge in [-0.25, -0.2) is 0 Å². The molecule has 0 bridgehead atoms. The fourth-order valence-corrected chi connectivity index (χ4v) is 2.74. The van der Waals surface area contributed by atoms with Crippen LogP contribution in [0, 0.1) is 10.1 Å². The number of amides is 1. The molecule has 2 aromatic carbocycles. The van der Waals surface area contributed by atoms with E-state index < -0.39 is 4.92 Å². The van der Waals surface area contributed by atoms with Gasteiger partial charge in [0.15, 0.2) is 0 Å². The number of hydrogen-bond acceptors (Lipinski definition) is 7. The Hall–Kier alpha value is -3.75. The summed E-state index contributed by atoms with van der Waals surface area (Å²) in [5.74, 6) is 1.35. The van der Waals surface area contributed by atoms with Crippen molar-refractivity contribution < 1.29 is 19.0 Å². The zero-order chi connectivity index (χ0) is 20.8. The van der Waals surface area contributed by atoms with Crippen LogP contribution < -0.4 is 4.74 Å². The SMILES string of the molecule is CCN(Cc1nc(-c2ccc(OC)cc2)no1)C(=O)Cc1ccc([N+](=O)[O-])cc1. The van der Waals surface area contributed by atoms with Crippen molar-refractivity contribution in [1.29, 1.82) is 0 Å². The van der Waals surface area contributed by atoms with Crippen molar-refractivity contribution >= 4 is 11.6 Å². The molecule has 9 nitrogen and oxygen atoms in total. The largest absolute Gasteiger partial charge is 0.497 e. The van der Waals surface area contributed by atoms with Crippen LogP contribution in [0.25, 0.3) is 11.4 Å². The minimum Gasteiger partial charge on any atom is -0.497 e. The van der Waals surface area contributed by atoms with Gasteiger partial charge in [0.2, 0.25) is 17.6 Å². The molecule has 0 unspecified atom stereocenters. The van der Waals surface area contributed by atoms with Crippen LogP contribution in [0.2, 0.25) is 0 Å². The second kappa shape index (κ2) is 8.96. The van der Waals surface area contributed by atoms with Gasteiger partial charge in [0.05, 0.1) is 25.0 Å². The quantitative estimate of drug-likeness (QED) is 0.424. The Balaban J connectivity index is 1.65. The fourth-order valence-electron chi connectivity index (χ4n) is 2.74. The number of aromatic nitrogens is 2. The molecule has 0 spiro atoms. The lowest BCUT2D eigenvalue weighted by molar-refractivity contribution is -0.384. The molecule has 0 radical (unpaired) electrons. The van der Waals surface area contributed by atoms with E-state index in [4.69, 9.17) is 9.26 Å². The minimum absolute atomic E-state index is 0.00883. The number of carbonyl (C=O) groups is 1. The summed E-state index contributed by atoms with van der Waals surface area (Å²) < 4.78 is 10.4. The summed E-state index contributed by atoms with van der Waals surface area (Å²) in [5.41, 5.74) is 1.47. The van der Waals surface area contributed by atoms with E-state index in [-0.39, 0.29) is 24.6 Å². The van der Waals surface area contributed by atoms with Crippen LogP contribution in [0.4, 0.5) is 5.69 Å². The van der Waals surface area contributed by atoms with Gasteiger partial charge in [-0.2, -0.15) is 4.98 Å². The van der Waals surface area contributed by atoms with Gasteiger partial charge in [-0.15, -0.1) is 0 Å². The molecule has 1 amide bonds. The molecule has 0 saturated carbocycles. The third-order valence-corrected chi connectivity index (χ3v) is 4.38. The molecule has 1 heterocycles. The molecular weight excluding hydrogens is 376 g/mol. The standard InChI is InChI=1S/C20H20N4O5/c1-3-23(19(25)12-14-4-8-16(9-5-14)24(26)27)13-18-21-20(22-29-18)15-6-10-17(28-2)11-7-15/h4-11H,3,12-13H2,1-2H3. The van der Waals surface area contributed by atoms with E-state index in [0.29, 0.717) is 23.8 Å². The van der Waals surface area contributed by atoms with Crippen LogP contribution in [-0.2, 0) is 17.8 Å². The maximum Gasteiger partial charge on any atom is 0.269 e. The molecule has 29 heavy (non-hydrogen) atoms. The number of nitro groups is 1. The van der Waals surface area contributed by atoms with E-state index in [2.05, 4.69) is 10.1 Å². The number of nitrogens with zero attached hydrogens (tertiary/aromatic N) is 4. The molecule has 3 rings (SSSR count). The van der Waals surface area contributed by atoms with Crippen LogP contribution >= 0.6 is 0 Å². The maximum absolute atomic E-state index is 12.6. The zero-order valence-corrected chi connectivity index (χ0v) is 16.1. The second-order valence-electron chi connectivity index (χ2n) is 6.25. The van der Waals surface area contributed by atoms with E-state index >= 15 is 0 Å². The average Bonchev–Trinajstić information content (AvgIpc) is 3.21. The molecule has 0 N–H and O–H groups in total. The van der Waals surface area contributed by atoms with Crippen molar-refractivity contribution in [3.63, 3.8) is 0 Å². The summed E-state index contributed by atoms with van der Waals surface area (Å²) in [6, 6.07) is 13.2. The van der Waals surface area contributed by atoms with Crippen molar-refractivity contribution in [3.8, 4) is 17.1 Å². The van der Waals surface area contributed by atoms with Crippen LogP contribution in [0.1, 0.15) is 18.4 Å². The topological polar surface area (TPSA) is 112 Å². The third-order valence-electron chi connectivity index (χ3n) is 4.38. The smallest absolute Gasteiger partial charge is 0.269 e. The Bertz CT molecular complexity index is 983. The second-order valence-corrected chi connectivity index (χ2v) is 6.25. The van der Waals surface area contributed by atoms with Crippen molar-refractivity contribution in [2.75, 3.05) is 13.7 Å². The van der Waals surface area contributed by atoms with Gasteiger partial charge < -0.3 is 14.2 Å². The molecule has 3 aromatic rings. The van der Waals surface area contributed by atoms with E-state index in [9.17, 15) is 14.9 Å². The molecule has 0 aliphatic heterocycles. The van der Waals surface area contributed by atoms with Gasteiger partial charge in [-0.1, -0.05) is 17.3 Å². The summed E-state index contributed by atoms with van der Waals surface area (Å²) in [5, 5.41) is 14.7. The van der Waals surface area contributed by atoms with Crippen LogP contribution in [-0.4, -0.2) is 39.5 Å². The Morgan fingerprint density at radius 2 is 1.86 bits per heavy atom. The number of likely N-dealkylation sites (N-methyl/N-ethyl adjacent to an activating group) is 1. The molecule has 150 valence electrons. The molecule has 0 fully saturated rings. The first-order chi connectivity index (χ1) is 14.0. The third kappa shape index (κ3) is 4.95. The molecule has 0 atom stereocenters. The molecule has 0 aliphatic carbocycles. The Kier molecular flexibility index (Phi) is 6.18. The first-order valence-electron chi connectivity index (χ1n) is 8.98. The number of rotatable bonds is 8. The first kappa shape index (κ1) is 20.0. The first-order valence-corrected chi connectivity index (χ1v) is 8.98. The highest BCUT2D eigenvalue weighted by atomic mass is 16.6. The number of non-ortho nitro benzene ring substituents is 1. The summed E-state index contributed by atoms with van der Waals surface area (Å²) in [4.78, 5) is 28.8. The number of nitro benzene ring substituents is 1. The summed E-state index contributed by atoms with van der Waals surface area (Å²) in [7, 11) is 1.59. The van der Waals surface area contributed by atoms with Crippen LogP contribution in [0.5, 0.6) is 5.75 Å². The van der Waals surface area contributed by atoms with E-state index in [0.717, 1.165) is 11.3 Å². The van der Waals surface area contributed by atoms with Gasteiger partial charge in [0.1, 0.15) is 5.75 Å². The number of ether oxygens (including phenoxy) is 1. The summed E-state index contributed by atoms with van der Waals surface area (Å²) in [6.07, 6.45) is 0.130. The fraction of sp³-hybridized carbons (Fsp3) is 0.250. The Morgan fingerprint density at radius 1 is 1.17 bits per heavy atom.